The summed E-state index contributed by atoms with van der Waals surface area (Å²) >= 11 is 4.84. The molecule has 1 atom stereocenters. The van der Waals surface area contributed by atoms with Crippen molar-refractivity contribution in [2.24, 2.45) is 0 Å². The standard InChI is InChI=1S/C38H29BrFN3O3S/c39-28-16-14-25(15-17-28)24-33(42-36(44)31-11-5-6-12-32(31)40)37(45)41-29-18-20-30(21-19-29)47-35(27-9-2-1-3-10-27)38(46)43-23-22-26-8-4-7-13-34(26)43/h1-21,24,35H,22-23H2,(H,41,45)(H,42,44)/b33-24+/t35-/m1/s1. The molecule has 1 heterocycles. The van der Waals surface area contributed by atoms with Gasteiger partial charge in [-0.3, -0.25) is 14.4 Å². The van der Waals surface area contributed by atoms with Crippen LogP contribution in [-0.4, -0.2) is 24.3 Å². The SMILES string of the molecule is O=C(Nc1ccc(S[C@@H](C(=O)N2CCc3ccccc32)c2ccccc2)cc1)/C(=C\c1ccc(Br)cc1)NC(=O)c1ccccc1F. The van der Waals surface area contributed by atoms with E-state index < -0.39 is 22.9 Å². The molecule has 0 spiro atoms. The summed E-state index contributed by atoms with van der Waals surface area (Å²) in [5.74, 6) is -2.01. The molecule has 0 saturated carbocycles. The summed E-state index contributed by atoms with van der Waals surface area (Å²) in [6.45, 7) is 0.636. The molecule has 1 aliphatic rings. The number of nitrogens with one attached hydrogen (secondary N) is 2. The number of amides is 3. The quantitative estimate of drug-likeness (QED) is 0.119. The summed E-state index contributed by atoms with van der Waals surface area (Å²) in [5.41, 5.74) is 3.93. The van der Waals surface area contributed by atoms with Gasteiger partial charge in [0.05, 0.1) is 5.56 Å². The van der Waals surface area contributed by atoms with Crippen molar-refractivity contribution >= 4 is 62.9 Å². The minimum Gasteiger partial charge on any atom is -0.321 e. The minimum atomic E-state index is -0.745. The molecule has 0 bridgehead atoms. The number of carbonyl (C=O) groups is 3. The molecule has 9 heteroatoms. The van der Waals surface area contributed by atoms with Gasteiger partial charge in [0.2, 0.25) is 5.91 Å². The zero-order valence-corrected chi connectivity index (χ0v) is 27.4. The van der Waals surface area contributed by atoms with Gasteiger partial charge in [-0.15, -0.1) is 11.8 Å². The van der Waals surface area contributed by atoms with Gasteiger partial charge in [0, 0.05) is 27.3 Å². The van der Waals surface area contributed by atoms with Gasteiger partial charge in [-0.2, -0.15) is 0 Å². The Morgan fingerprint density at radius 2 is 1.49 bits per heavy atom. The fraction of sp³-hybridized carbons (Fsp3) is 0.0789. The maximum absolute atomic E-state index is 14.3. The number of rotatable bonds is 9. The molecule has 47 heavy (non-hydrogen) atoms. The second-order valence-electron chi connectivity index (χ2n) is 10.8. The van der Waals surface area contributed by atoms with Crippen LogP contribution in [0, 0.1) is 5.82 Å². The fourth-order valence-corrected chi connectivity index (χ4v) is 6.62. The first-order valence-electron chi connectivity index (χ1n) is 14.9. The molecule has 234 valence electrons. The largest absolute Gasteiger partial charge is 0.321 e. The number of fused-ring (bicyclic) bond motifs is 1. The highest BCUT2D eigenvalue weighted by molar-refractivity contribution is 9.10. The summed E-state index contributed by atoms with van der Waals surface area (Å²) in [7, 11) is 0. The average molecular weight is 707 g/mol. The molecule has 6 rings (SSSR count). The first-order valence-corrected chi connectivity index (χ1v) is 16.6. The van der Waals surface area contributed by atoms with E-state index in [-0.39, 0.29) is 17.2 Å². The Hall–Kier alpha value is -4.99. The molecule has 0 fully saturated rings. The van der Waals surface area contributed by atoms with Crippen molar-refractivity contribution < 1.29 is 18.8 Å². The zero-order chi connectivity index (χ0) is 32.8. The van der Waals surface area contributed by atoms with E-state index in [2.05, 4.69) is 32.6 Å². The van der Waals surface area contributed by atoms with Crippen LogP contribution in [0.5, 0.6) is 0 Å². The van der Waals surface area contributed by atoms with Crippen LogP contribution in [0.3, 0.4) is 0 Å². The molecule has 5 aromatic rings. The topological polar surface area (TPSA) is 78.5 Å². The Balaban J connectivity index is 1.20. The van der Waals surface area contributed by atoms with Gasteiger partial charge < -0.3 is 15.5 Å². The van der Waals surface area contributed by atoms with Crippen molar-refractivity contribution in [3.8, 4) is 0 Å². The highest BCUT2D eigenvalue weighted by Crippen LogP contribution is 2.40. The number of benzene rings is 5. The van der Waals surface area contributed by atoms with E-state index in [1.165, 1.54) is 36.0 Å². The van der Waals surface area contributed by atoms with Gasteiger partial charge in [0.1, 0.15) is 16.8 Å². The van der Waals surface area contributed by atoms with Gasteiger partial charge in [-0.1, -0.05) is 88.7 Å². The van der Waals surface area contributed by atoms with Gasteiger partial charge in [-0.05, 0) is 83.8 Å². The number of thioether (sulfide) groups is 1. The highest BCUT2D eigenvalue weighted by atomic mass is 79.9. The maximum atomic E-state index is 14.3. The number of para-hydroxylation sites is 1. The van der Waals surface area contributed by atoms with Gasteiger partial charge in [-0.25, -0.2) is 4.39 Å². The smallest absolute Gasteiger partial charge is 0.272 e. The zero-order valence-electron chi connectivity index (χ0n) is 25.0. The van der Waals surface area contributed by atoms with Crippen LogP contribution >= 0.6 is 27.7 Å². The lowest BCUT2D eigenvalue weighted by molar-refractivity contribution is -0.118. The van der Waals surface area contributed by atoms with E-state index in [9.17, 15) is 18.8 Å². The second-order valence-corrected chi connectivity index (χ2v) is 12.9. The molecule has 2 N–H and O–H groups in total. The van der Waals surface area contributed by atoms with Crippen LogP contribution in [-0.2, 0) is 16.0 Å². The fourth-order valence-electron chi connectivity index (χ4n) is 5.27. The summed E-state index contributed by atoms with van der Waals surface area (Å²) in [4.78, 5) is 43.1. The third-order valence-corrected chi connectivity index (χ3v) is 9.42. The van der Waals surface area contributed by atoms with Crippen molar-refractivity contribution in [3.05, 3.63) is 166 Å². The van der Waals surface area contributed by atoms with E-state index in [1.807, 2.05) is 77.7 Å². The first-order chi connectivity index (χ1) is 22.9. The van der Waals surface area contributed by atoms with Crippen molar-refractivity contribution in [2.45, 2.75) is 16.6 Å². The average Bonchev–Trinajstić information content (AvgIpc) is 3.53. The summed E-state index contributed by atoms with van der Waals surface area (Å²) < 4.78 is 15.2. The third kappa shape index (κ3) is 7.70. The predicted molar refractivity (Wildman–Crippen MR) is 189 cm³/mol. The normalized spacial score (nSPS) is 13.1. The highest BCUT2D eigenvalue weighted by Gasteiger charge is 2.31. The van der Waals surface area contributed by atoms with E-state index in [0.29, 0.717) is 17.8 Å². The Kier molecular flexibility index (Phi) is 9.94. The number of nitrogens with zero attached hydrogens (tertiary/aromatic N) is 1. The number of hydrogen-bond acceptors (Lipinski definition) is 4. The van der Waals surface area contributed by atoms with Crippen molar-refractivity contribution in [1.29, 1.82) is 0 Å². The first kappa shape index (κ1) is 32.0. The number of carbonyl (C=O) groups excluding carboxylic acids is 3. The lowest BCUT2D eigenvalue weighted by atomic mass is 10.1. The van der Waals surface area contributed by atoms with Crippen molar-refractivity contribution in [2.75, 3.05) is 16.8 Å². The molecule has 0 aromatic heterocycles. The molecule has 5 aromatic carbocycles. The molecule has 0 unspecified atom stereocenters. The molecule has 0 radical (unpaired) electrons. The van der Waals surface area contributed by atoms with Crippen LogP contribution in [0.15, 0.2) is 142 Å². The lowest BCUT2D eigenvalue weighted by Crippen LogP contribution is -2.32. The van der Waals surface area contributed by atoms with Crippen LogP contribution in [0.4, 0.5) is 15.8 Å². The van der Waals surface area contributed by atoms with Crippen LogP contribution < -0.4 is 15.5 Å². The van der Waals surface area contributed by atoms with E-state index >= 15 is 0 Å². The Morgan fingerprint density at radius 1 is 0.809 bits per heavy atom. The predicted octanol–water partition coefficient (Wildman–Crippen LogP) is 8.42. The summed E-state index contributed by atoms with van der Waals surface area (Å²) in [6.07, 6.45) is 2.35. The Labute approximate surface area is 284 Å². The summed E-state index contributed by atoms with van der Waals surface area (Å²) in [5, 5.41) is 4.92. The lowest BCUT2D eigenvalue weighted by Gasteiger charge is -2.24. The Bertz CT molecular complexity index is 1950. The minimum absolute atomic E-state index is 0.0110. The summed E-state index contributed by atoms with van der Waals surface area (Å²) in [6, 6.07) is 37.6. The van der Waals surface area contributed by atoms with Crippen LogP contribution in [0.1, 0.15) is 32.3 Å². The molecular weight excluding hydrogens is 677 g/mol. The Morgan fingerprint density at radius 3 is 2.23 bits per heavy atom. The van der Waals surface area contributed by atoms with E-state index in [1.54, 1.807) is 30.3 Å². The molecule has 1 aliphatic heterocycles. The molecule has 0 saturated heterocycles. The molecule has 0 aliphatic carbocycles. The number of hydrogen-bond donors (Lipinski definition) is 2. The number of anilines is 2. The molecular formula is C38H29BrFN3O3S. The number of halogens is 2. The van der Waals surface area contributed by atoms with Crippen LogP contribution in [0.25, 0.3) is 6.08 Å². The van der Waals surface area contributed by atoms with E-state index in [4.69, 9.17) is 0 Å². The maximum Gasteiger partial charge on any atom is 0.272 e. The van der Waals surface area contributed by atoms with Gasteiger partial charge >= 0.3 is 0 Å². The third-order valence-electron chi connectivity index (χ3n) is 7.64. The molecule has 6 nitrogen and oxygen atoms in total. The molecule has 3 amide bonds. The van der Waals surface area contributed by atoms with Crippen LogP contribution in [0.2, 0.25) is 0 Å². The second kappa shape index (κ2) is 14.6. The monoisotopic (exact) mass is 705 g/mol. The van der Waals surface area contributed by atoms with Crippen molar-refractivity contribution in [3.63, 3.8) is 0 Å². The van der Waals surface area contributed by atoms with Gasteiger partial charge in [0.15, 0.2) is 0 Å². The van der Waals surface area contributed by atoms with Crippen molar-refractivity contribution in [1.82, 2.24) is 5.32 Å². The van der Waals surface area contributed by atoms with E-state index in [0.717, 1.165) is 32.6 Å². The van der Waals surface area contributed by atoms with Gasteiger partial charge in [0.25, 0.3) is 11.8 Å².